The lowest BCUT2D eigenvalue weighted by Crippen LogP contribution is -2.44. The molecule has 1 aliphatic heterocycles. The highest BCUT2D eigenvalue weighted by Crippen LogP contribution is 2.27. The number of rotatable bonds is 4. The van der Waals surface area contributed by atoms with Gasteiger partial charge in [0.1, 0.15) is 0 Å². The van der Waals surface area contributed by atoms with Crippen molar-refractivity contribution >= 4 is 0 Å². The molecule has 0 radical (unpaired) electrons. The Morgan fingerprint density at radius 2 is 2.06 bits per heavy atom. The van der Waals surface area contributed by atoms with Crippen LogP contribution in [0.3, 0.4) is 0 Å². The molecule has 2 atom stereocenters. The fraction of sp³-hybridized carbons (Fsp3) is 1.00. The summed E-state index contributed by atoms with van der Waals surface area (Å²) in [5.74, 6) is 0.935. The summed E-state index contributed by atoms with van der Waals surface area (Å²) < 4.78 is 0. The van der Waals surface area contributed by atoms with Crippen molar-refractivity contribution in [3.8, 4) is 0 Å². The maximum absolute atomic E-state index is 3.78. The zero-order valence-corrected chi connectivity index (χ0v) is 12.0. The van der Waals surface area contributed by atoms with Crippen molar-refractivity contribution in [2.45, 2.75) is 70.9 Å². The van der Waals surface area contributed by atoms with Crippen molar-refractivity contribution in [3.05, 3.63) is 0 Å². The van der Waals surface area contributed by atoms with Gasteiger partial charge in [0.2, 0.25) is 0 Å². The van der Waals surface area contributed by atoms with Gasteiger partial charge in [-0.25, -0.2) is 0 Å². The maximum Gasteiger partial charge on any atom is 0.0154 e. The average Bonchev–Trinajstić information content (AvgIpc) is 2.58. The van der Waals surface area contributed by atoms with Crippen molar-refractivity contribution in [3.63, 3.8) is 0 Å². The van der Waals surface area contributed by atoms with Gasteiger partial charge in [0, 0.05) is 24.7 Å². The summed E-state index contributed by atoms with van der Waals surface area (Å²) >= 11 is 0. The number of hydrogen-bond donors (Lipinski definition) is 1. The van der Waals surface area contributed by atoms with Gasteiger partial charge in [0.05, 0.1) is 0 Å². The van der Waals surface area contributed by atoms with Gasteiger partial charge >= 0.3 is 0 Å². The van der Waals surface area contributed by atoms with E-state index in [4.69, 9.17) is 0 Å². The van der Waals surface area contributed by atoms with Crippen molar-refractivity contribution in [2.24, 2.45) is 5.92 Å². The molecule has 2 fully saturated rings. The lowest BCUT2D eigenvalue weighted by atomic mass is 9.87. The van der Waals surface area contributed by atoms with Gasteiger partial charge in [-0.2, -0.15) is 0 Å². The van der Waals surface area contributed by atoms with Crippen LogP contribution in [0.1, 0.15) is 59.3 Å². The van der Waals surface area contributed by atoms with Crippen LogP contribution in [0.4, 0.5) is 0 Å². The summed E-state index contributed by atoms with van der Waals surface area (Å²) in [5.41, 5.74) is 0.446. The zero-order valence-electron chi connectivity index (χ0n) is 12.0. The Morgan fingerprint density at radius 3 is 2.71 bits per heavy atom. The molecule has 2 rings (SSSR count). The third-order valence-corrected chi connectivity index (χ3v) is 4.82. The molecule has 1 aliphatic carbocycles. The Kier molecular flexibility index (Phi) is 4.48. The summed E-state index contributed by atoms with van der Waals surface area (Å²) in [6.07, 6.45) is 8.41. The van der Waals surface area contributed by atoms with Crippen LogP contribution in [0.25, 0.3) is 0 Å². The van der Waals surface area contributed by atoms with Crippen LogP contribution in [0, 0.1) is 5.92 Å². The van der Waals surface area contributed by atoms with E-state index in [9.17, 15) is 0 Å². The molecule has 1 saturated heterocycles. The molecule has 0 aromatic heterocycles. The van der Waals surface area contributed by atoms with Crippen LogP contribution < -0.4 is 5.32 Å². The molecular weight excluding hydrogens is 208 g/mol. The zero-order chi connectivity index (χ0) is 12.3. The van der Waals surface area contributed by atoms with E-state index < -0.39 is 0 Å². The first-order valence-corrected chi connectivity index (χ1v) is 7.56. The first-order valence-electron chi connectivity index (χ1n) is 7.56. The first-order chi connectivity index (χ1) is 8.08. The van der Waals surface area contributed by atoms with Crippen LogP contribution in [0.5, 0.6) is 0 Å². The lowest BCUT2D eigenvalue weighted by molar-refractivity contribution is 0.170. The van der Waals surface area contributed by atoms with Crippen molar-refractivity contribution in [1.82, 2.24) is 10.2 Å². The minimum Gasteiger partial charge on any atom is -0.313 e. The maximum atomic E-state index is 3.78. The van der Waals surface area contributed by atoms with E-state index in [0.717, 1.165) is 12.0 Å². The molecule has 1 heterocycles. The molecule has 1 N–H and O–H groups in total. The third-order valence-electron chi connectivity index (χ3n) is 4.82. The topological polar surface area (TPSA) is 15.3 Å². The predicted octanol–water partition coefficient (Wildman–Crippen LogP) is 3.03. The molecular formula is C15H30N2. The minimum absolute atomic E-state index is 0.446. The second-order valence-electron chi connectivity index (χ2n) is 6.83. The molecule has 1 saturated carbocycles. The van der Waals surface area contributed by atoms with E-state index in [-0.39, 0.29) is 0 Å². The molecule has 0 aromatic carbocycles. The van der Waals surface area contributed by atoms with Gasteiger partial charge in [0.15, 0.2) is 0 Å². The smallest absolute Gasteiger partial charge is 0.0154 e. The van der Waals surface area contributed by atoms with E-state index in [2.05, 4.69) is 31.0 Å². The standard InChI is InChI=1S/C15H30N2/c1-13-6-4-7-14(12-13)16-9-11-17-10-5-8-15(17,2)3/h13-14,16H,4-12H2,1-3H3. The molecule has 2 heteroatoms. The summed E-state index contributed by atoms with van der Waals surface area (Å²) in [6.45, 7) is 10.9. The van der Waals surface area contributed by atoms with E-state index in [1.165, 1.54) is 58.2 Å². The third kappa shape index (κ3) is 3.69. The monoisotopic (exact) mass is 238 g/mol. The average molecular weight is 238 g/mol. The fourth-order valence-electron chi connectivity index (χ4n) is 3.60. The van der Waals surface area contributed by atoms with Crippen LogP contribution in [0.2, 0.25) is 0 Å². The highest BCUT2D eigenvalue weighted by atomic mass is 15.2. The van der Waals surface area contributed by atoms with Crippen molar-refractivity contribution < 1.29 is 0 Å². The second-order valence-corrected chi connectivity index (χ2v) is 6.83. The SMILES string of the molecule is CC1CCCC(NCCN2CCCC2(C)C)C1. The molecule has 100 valence electrons. The molecule has 2 aliphatic rings. The Morgan fingerprint density at radius 1 is 1.24 bits per heavy atom. The molecule has 17 heavy (non-hydrogen) atoms. The minimum atomic E-state index is 0.446. The molecule has 0 spiro atoms. The summed E-state index contributed by atoms with van der Waals surface area (Å²) in [5, 5.41) is 3.78. The van der Waals surface area contributed by atoms with Gasteiger partial charge in [0.25, 0.3) is 0 Å². The molecule has 0 bridgehead atoms. The highest BCUT2D eigenvalue weighted by molar-refractivity contribution is 4.88. The van der Waals surface area contributed by atoms with Crippen LogP contribution in [0.15, 0.2) is 0 Å². The second kappa shape index (κ2) is 5.71. The number of likely N-dealkylation sites (tertiary alicyclic amines) is 1. The fourth-order valence-corrected chi connectivity index (χ4v) is 3.60. The Bertz CT molecular complexity index is 237. The highest BCUT2D eigenvalue weighted by Gasteiger charge is 2.31. The Labute approximate surface area is 107 Å². The quantitative estimate of drug-likeness (QED) is 0.810. The van der Waals surface area contributed by atoms with Gasteiger partial charge < -0.3 is 5.32 Å². The van der Waals surface area contributed by atoms with Crippen molar-refractivity contribution in [1.29, 1.82) is 0 Å². The first kappa shape index (κ1) is 13.4. The van der Waals surface area contributed by atoms with E-state index in [0.29, 0.717) is 5.54 Å². The number of nitrogens with zero attached hydrogens (tertiary/aromatic N) is 1. The van der Waals surface area contributed by atoms with E-state index in [1.54, 1.807) is 0 Å². The van der Waals surface area contributed by atoms with Crippen LogP contribution in [-0.4, -0.2) is 36.1 Å². The number of nitrogens with one attached hydrogen (secondary N) is 1. The summed E-state index contributed by atoms with van der Waals surface area (Å²) in [7, 11) is 0. The van der Waals surface area contributed by atoms with Gasteiger partial charge in [-0.15, -0.1) is 0 Å². The Hall–Kier alpha value is -0.0800. The largest absolute Gasteiger partial charge is 0.313 e. The molecule has 0 aromatic rings. The van der Waals surface area contributed by atoms with Crippen LogP contribution >= 0.6 is 0 Å². The van der Waals surface area contributed by atoms with Gasteiger partial charge in [-0.1, -0.05) is 19.8 Å². The Balaban J connectivity index is 1.65. The normalized spacial score (nSPS) is 34.1. The molecule has 2 nitrogen and oxygen atoms in total. The van der Waals surface area contributed by atoms with E-state index >= 15 is 0 Å². The van der Waals surface area contributed by atoms with Gasteiger partial charge in [-0.3, -0.25) is 4.90 Å². The predicted molar refractivity (Wildman–Crippen MR) is 74.3 cm³/mol. The summed E-state index contributed by atoms with van der Waals surface area (Å²) in [6, 6.07) is 0.796. The summed E-state index contributed by atoms with van der Waals surface area (Å²) in [4.78, 5) is 2.66. The molecule has 0 amide bonds. The van der Waals surface area contributed by atoms with E-state index in [1.807, 2.05) is 0 Å². The molecule has 2 unspecified atom stereocenters. The lowest BCUT2D eigenvalue weighted by Gasteiger charge is -2.33. The van der Waals surface area contributed by atoms with Crippen LogP contribution in [-0.2, 0) is 0 Å². The van der Waals surface area contributed by atoms with Crippen molar-refractivity contribution in [2.75, 3.05) is 19.6 Å². The van der Waals surface area contributed by atoms with Gasteiger partial charge in [-0.05, 0) is 52.0 Å². The number of hydrogen-bond acceptors (Lipinski definition) is 2.